The third-order valence-corrected chi connectivity index (χ3v) is 5.16. The summed E-state index contributed by atoms with van der Waals surface area (Å²) in [5.41, 5.74) is -0.806. The summed E-state index contributed by atoms with van der Waals surface area (Å²) in [6.45, 7) is 4.42. The molecular formula is C17H20F2N2O3. The SMILES string of the molecule is CC(C)C1(CCCc2cc(=O)oc3nc(C(F)F)[nH]c(=O)c23)CC1. The zero-order valence-electron chi connectivity index (χ0n) is 13.7. The first-order valence-electron chi connectivity index (χ1n) is 8.17. The number of hydrogen-bond acceptors (Lipinski definition) is 4. The Hall–Kier alpha value is -2.05. The van der Waals surface area contributed by atoms with Crippen molar-refractivity contribution in [3.05, 3.63) is 38.2 Å². The molecule has 130 valence electrons. The minimum Gasteiger partial charge on any atom is -0.403 e. The summed E-state index contributed by atoms with van der Waals surface area (Å²) in [7, 11) is 0. The molecule has 1 aliphatic rings. The van der Waals surface area contributed by atoms with Crippen LogP contribution >= 0.6 is 0 Å². The van der Waals surface area contributed by atoms with Crippen molar-refractivity contribution < 1.29 is 13.2 Å². The van der Waals surface area contributed by atoms with Gasteiger partial charge in [0.2, 0.25) is 5.71 Å². The second kappa shape index (κ2) is 6.11. The lowest BCUT2D eigenvalue weighted by molar-refractivity contribution is 0.140. The molecule has 24 heavy (non-hydrogen) atoms. The molecule has 0 spiro atoms. The number of nitrogens with zero attached hydrogens (tertiary/aromatic N) is 1. The Morgan fingerprint density at radius 1 is 1.33 bits per heavy atom. The molecule has 2 heterocycles. The van der Waals surface area contributed by atoms with E-state index in [1.54, 1.807) is 0 Å². The van der Waals surface area contributed by atoms with Crippen molar-refractivity contribution >= 4 is 11.1 Å². The summed E-state index contributed by atoms with van der Waals surface area (Å²) in [6.07, 6.45) is 1.86. The summed E-state index contributed by atoms with van der Waals surface area (Å²) in [5.74, 6) is -0.182. The maximum absolute atomic E-state index is 12.7. The molecule has 0 unspecified atom stereocenters. The third kappa shape index (κ3) is 3.12. The monoisotopic (exact) mass is 338 g/mol. The zero-order valence-corrected chi connectivity index (χ0v) is 13.7. The van der Waals surface area contributed by atoms with E-state index in [0.29, 0.717) is 23.3 Å². The van der Waals surface area contributed by atoms with Gasteiger partial charge in [-0.1, -0.05) is 13.8 Å². The van der Waals surface area contributed by atoms with Gasteiger partial charge in [0.15, 0.2) is 5.82 Å². The molecule has 5 nitrogen and oxygen atoms in total. The van der Waals surface area contributed by atoms with Gasteiger partial charge in [-0.2, -0.15) is 4.98 Å². The van der Waals surface area contributed by atoms with Crippen LogP contribution < -0.4 is 11.2 Å². The van der Waals surface area contributed by atoms with Gasteiger partial charge in [-0.3, -0.25) is 4.79 Å². The van der Waals surface area contributed by atoms with E-state index in [4.69, 9.17) is 4.42 Å². The second-order valence-corrected chi connectivity index (χ2v) is 6.89. The molecule has 1 aliphatic carbocycles. The van der Waals surface area contributed by atoms with Gasteiger partial charge in [0.05, 0.1) is 0 Å². The normalized spacial score (nSPS) is 16.2. The van der Waals surface area contributed by atoms with Crippen LogP contribution in [0.2, 0.25) is 0 Å². The number of halogens is 2. The first-order chi connectivity index (χ1) is 11.3. The van der Waals surface area contributed by atoms with E-state index >= 15 is 0 Å². The summed E-state index contributed by atoms with van der Waals surface area (Å²) in [6, 6.07) is 1.26. The quantitative estimate of drug-likeness (QED) is 0.873. The molecule has 3 rings (SSSR count). The van der Waals surface area contributed by atoms with Crippen molar-refractivity contribution in [2.75, 3.05) is 0 Å². The molecule has 1 N–H and O–H groups in total. The molecule has 0 aromatic carbocycles. The van der Waals surface area contributed by atoms with Crippen molar-refractivity contribution in [3.8, 4) is 0 Å². The third-order valence-electron chi connectivity index (χ3n) is 5.16. The molecule has 2 aromatic rings. The number of hydrogen-bond donors (Lipinski definition) is 1. The lowest BCUT2D eigenvalue weighted by Crippen LogP contribution is -2.17. The molecule has 0 amide bonds. The van der Waals surface area contributed by atoms with Gasteiger partial charge in [-0.05, 0) is 49.0 Å². The van der Waals surface area contributed by atoms with Gasteiger partial charge in [0, 0.05) is 6.07 Å². The van der Waals surface area contributed by atoms with Gasteiger partial charge in [0.1, 0.15) is 5.39 Å². The smallest absolute Gasteiger partial charge is 0.337 e. The maximum atomic E-state index is 12.7. The van der Waals surface area contributed by atoms with Crippen LogP contribution in [0, 0.1) is 11.3 Å². The molecule has 1 fully saturated rings. The van der Waals surface area contributed by atoms with Crippen LogP contribution in [0.15, 0.2) is 20.1 Å². The average molecular weight is 338 g/mol. The number of fused-ring (bicyclic) bond motifs is 1. The summed E-state index contributed by atoms with van der Waals surface area (Å²) in [5, 5.41) is 0.0911. The number of aromatic amines is 1. The molecule has 7 heteroatoms. The zero-order chi connectivity index (χ0) is 17.5. The Morgan fingerprint density at radius 3 is 2.62 bits per heavy atom. The van der Waals surface area contributed by atoms with E-state index in [-0.39, 0.29) is 11.1 Å². The molecule has 1 saturated carbocycles. The average Bonchev–Trinajstić information content (AvgIpc) is 3.27. The predicted octanol–water partition coefficient (Wildman–Crippen LogP) is 3.57. The highest BCUT2D eigenvalue weighted by Crippen LogP contribution is 2.55. The summed E-state index contributed by atoms with van der Waals surface area (Å²) in [4.78, 5) is 29.4. The van der Waals surface area contributed by atoms with Crippen LogP contribution in [0.3, 0.4) is 0 Å². The molecule has 0 aliphatic heterocycles. The predicted molar refractivity (Wildman–Crippen MR) is 85.3 cm³/mol. The van der Waals surface area contributed by atoms with Crippen molar-refractivity contribution in [2.24, 2.45) is 11.3 Å². The number of H-pyrrole nitrogens is 1. The van der Waals surface area contributed by atoms with Gasteiger partial charge < -0.3 is 9.40 Å². The highest BCUT2D eigenvalue weighted by molar-refractivity contribution is 5.75. The van der Waals surface area contributed by atoms with E-state index < -0.39 is 23.4 Å². The Labute approximate surface area is 137 Å². The topological polar surface area (TPSA) is 76.0 Å². The number of nitrogens with one attached hydrogen (secondary N) is 1. The highest BCUT2D eigenvalue weighted by Gasteiger charge is 2.44. The first-order valence-corrected chi connectivity index (χ1v) is 8.17. The minimum atomic E-state index is -2.93. The number of aryl methyl sites for hydroxylation is 1. The Morgan fingerprint density at radius 2 is 2.04 bits per heavy atom. The van der Waals surface area contributed by atoms with Gasteiger partial charge in [-0.15, -0.1) is 0 Å². The largest absolute Gasteiger partial charge is 0.403 e. The lowest BCUT2D eigenvalue weighted by atomic mass is 9.86. The second-order valence-electron chi connectivity index (χ2n) is 6.89. The van der Waals surface area contributed by atoms with Crippen LogP contribution in [-0.4, -0.2) is 9.97 Å². The van der Waals surface area contributed by atoms with E-state index in [1.807, 2.05) is 0 Å². The Bertz CT molecular complexity index is 866. The Kier molecular flexibility index (Phi) is 4.27. The van der Waals surface area contributed by atoms with Crippen LogP contribution in [0.4, 0.5) is 8.78 Å². The highest BCUT2D eigenvalue weighted by atomic mass is 19.3. The molecule has 0 bridgehead atoms. The standard InChI is InChI=1S/C17H20F2N2O3/c1-9(2)17(6-7-17)5-3-4-10-8-11(22)24-16-12(10)15(23)20-14(21-16)13(18)19/h8-9,13H,3-7H2,1-2H3,(H,20,21,23). The minimum absolute atomic E-state index is 0.0911. The molecular weight excluding hydrogens is 318 g/mol. The van der Waals surface area contributed by atoms with Gasteiger partial charge in [0.25, 0.3) is 12.0 Å². The maximum Gasteiger partial charge on any atom is 0.337 e. The fourth-order valence-corrected chi connectivity index (χ4v) is 3.37. The van der Waals surface area contributed by atoms with E-state index in [0.717, 1.165) is 12.8 Å². The van der Waals surface area contributed by atoms with Crippen molar-refractivity contribution in [1.29, 1.82) is 0 Å². The molecule has 0 atom stereocenters. The van der Waals surface area contributed by atoms with Gasteiger partial charge in [-0.25, -0.2) is 13.6 Å². The molecule has 0 saturated heterocycles. The lowest BCUT2D eigenvalue weighted by Gasteiger charge is -2.19. The van der Waals surface area contributed by atoms with E-state index in [2.05, 4.69) is 23.8 Å². The van der Waals surface area contributed by atoms with Crippen LogP contribution in [0.1, 0.15) is 57.3 Å². The van der Waals surface area contributed by atoms with Crippen molar-refractivity contribution in [3.63, 3.8) is 0 Å². The fraction of sp³-hybridized carbons (Fsp3) is 0.588. The number of rotatable bonds is 6. The van der Waals surface area contributed by atoms with E-state index in [9.17, 15) is 18.4 Å². The first kappa shape index (κ1) is 16.8. The van der Waals surface area contributed by atoms with Gasteiger partial charge >= 0.3 is 5.63 Å². The fourth-order valence-electron chi connectivity index (χ4n) is 3.37. The molecule has 0 radical (unpaired) electrons. The van der Waals surface area contributed by atoms with Crippen LogP contribution in [-0.2, 0) is 6.42 Å². The van der Waals surface area contributed by atoms with Crippen molar-refractivity contribution in [1.82, 2.24) is 9.97 Å². The van der Waals surface area contributed by atoms with E-state index in [1.165, 1.54) is 18.9 Å². The summed E-state index contributed by atoms with van der Waals surface area (Å²) < 4.78 is 30.3. The number of aromatic nitrogens is 2. The van der Waals surface area contributed by atoms with Crippen LogP contribution in [0.25, 0.3) is 11.1 Å². The van der Waals surface area contributed by atoms with Crippen LogP contribution in [0.5, 0.6) is 0 Å². The summed E-state index contributed by atoms with van der Waals surface area (Å²) >= 11 is 0. The van der Waals surface area contributed by atoms with Crippen molar-refractivity contribution in [2.45, 2.75) is 52.4 Å². The molecule has 2 aromatic heterocycles. The number of alkyl halides is 2. The Balaban J connectivity index is 1.90.